The average molecular weight is 1080 g/mol. The van der Waals surface area contributed by atoms with Crippen LogP contribution in [0.15, 0.2) is 170 Å². The number of aromatic hydroxyl groups is 4. The zero-order valence-corrected chi connectivity index (χ0v) is 44.0. The van der Waals surface area contributed by atoms with Gasteiger partial charge in [-0.25, -0.2) is 24.3 Å². The maximum atomic E-state index is 14.6. The van der Waals surface area contributed by atoms with Crippen molar-refractivity contribution in [1.82, 2.24) is 19.9 Å². The van der Waals surface area contributed by atoms with Crippen molar-refractivity contribution in [2.75, 3.05) is 47.4 Å². The van der Waals surface area contributed by atoms with Crippen LogP contribution in [0.5, 0.6) is 23.0 Å². The Labute approximate surface area is 452 Å². The lowest BCUT2D eigenvalue weighted by atomic mass is 10.1. The van der Waals surface area contributed by atoms with Gasteiger partial charge in [0.15, 0.2) is 0 Å². The Morgan fingerprint density at radius 1 is 0.355 bits per heavy atom. The van der Waals surface area contributed by atoms with E-state index in [1.165, 1.54) is 22.7 Å². The first-order valence-electron chi connectivity index (χ1n) is 24.4. The summed E-state index contributed by atoms with van der Waals surface area (Å²) in [6, 6.07) is 53.0. The maximum absolute atomic E-state index is 14.6. The zero-order chi connectivity index (χ0) is 52.1. The molecule has 0 saturated carbocycles. The largest absolute Gasteiger partial charge is 0.508 e. The molecule has 12 nitrogen and oxygen atoms in total. The quantitative estimate of drug-likeness (QED) is 0.0460. The first-order valence-corrected chi connectivity index (χ1v) is 27.7. The molecule has 8 N–H and O–H groups in total. The summed E-state index contributed by atoms with van der Waals surface area (Å²) in [5.41, 5.74) is 11.4. The van der Waals surface area contributed by atoms with Gasteiger partial charge >= 0.3 is 0 Å². The second-order valence-electron chi connectivity index (χ2n) is 18.2. The van der Waals surface area contributed by atoms with Gasteiger partial charge in [-0.2, -0.15) is 0 Å². The van der Waals surface area contributed by atoms with Gasteiger partial charge in [-0.3, -0.25) is 0 Å². The molecule has 0 fully saturated rings. The van der Waals surface area contributed by atoms with Crippen LogP contribution in [0.25, 0.3) is 83.2 Å². The number of thiazole rings is 4. The lowest BCUT2D eigenvalue weighted by Gasteiger charge is -2.15. The molecule has 0 amide bonds. The number of anilines is 4. The number of nitrogens with zero attached hydrogens (tertiary/aromatic N) is 4. The van der Waals surface area contributed by atoms with Gasteiger partial charge in [-0.15, -0.1) is 45.3 Å². The summed E-state index contributed by atoms with van der Waals surface area (Å²) < 4.78 is 18.4. The van der Waals surface area contributed by atoms with Gasteiger partial charge in [0, 0.05) is 71.2 Å². The molecular formula is C59H49FN8O4S4. The van der Waals surface area contributed by atoms with Crippen LogP contribution in [-0.2, 0) is 0 Å². The number of hydrogen-bond donors (Lipinski definition) is 8. The monoisotopic (exact) mass is 1080 g/mol. The van der Waals surface area contributed by atoms with Crippen LogP contribution in [0, 0.1) is 5.92 Å². The molecule has 0 bridgehead atoms. The van der Waals surface area contributed by atoms with Crippen LogP contribution in [0.3, 0.4) is 0 Å². The van der Waals surface area contributed by atoms with Crippen molar-refractivity contribution in [3.8, 4) is 65.3 Å². The molecule has 0 radical (unpaired) electrons. The van der Waals surface area contributed by atoms with E-state index in [1.54, 1.807) is 83.3 Å². The van der Waals surface area contributed by atoms with E-state index in [2.05, 4.69) is 96.7 Å². The highest BCUT2D eigenvalue weighted by Crippen LogP contribution is 2.37. The topological polar surface area (TPSA) is 181 Å². The van der Waals surface area contributed by atoms with Crippen molar-refractivity contribution in [3.63, 3.8) is 0 Å². The van der Waals surface area contributed by atoms with Gasteiger partial charge in [-0.05, 0) is 176 Å². The highest BCUT2D eigenvalue weighted by Gasteiger charge is 2.13. The highest BCUT2D eigenvalue weighted by atomic mass is 32.1. The second kappa shape index (κ2) is 22.2. The van der Waals surface area contributed by atoms with E-state index < -0.39 is 6.17 Å². The van der Waals surface area contributed by atoms with Crippen LogP contribution in [-0.4, -0.2) is 72.7 Å². The Balaban J connectivity index is 0.000000162. The third-order valence-electron chi connectivity index (χ3n) is 12.4. The van der Waals surface area contributed by atoms with Crippen molar-refractivity contribution in [3.05, 3.63) is 170 Å². The average Bonchev–Trinajstić information content (AvgIpc) is 4.29. The molecule has 17 heteroatoms. The second-order valence-corrected chi connectivity index (χ2v) is 22.3. The number of hydrogen-bond acceptors (Lipinski definition) is 16. The molecule has 4 heterocycles. The molecule has 0 saturated heterocycles. The predicted molar refractivity (Wildman–Crippen MR) is 315 cm³/mol. The van der Waals surface area contributed by atoms with Crippen molar-refractivity contribution in [1.29, 1.82) is 0 Å². The van der Waals surface area contributed by atoms with E-state index in [1.807, 2.05) is 60.7 Å². The number of alkyl halides is 1. The fourth-order valence-electron chi connectivity index (χ4n) is 8.26. The Hall–Kier alpha value is -8.35. The molecule has 380 valence electrons. The first-order chi connectivity index (χ1) is 37.0. The van der Waals surface area contributed by atoms with E-state index in [9.17, 15) is 24.8 Å². The number of nitrogens with one attached hydrogen (secondary N) is 4. The summed E-state index contributed by atoms with van der Waals surface area (Å²) in [4.78, 5) is 18.6. The number of aromatic nitrogens is 4. The molecule has 12 aromatic rings. The van der Waals surface area contributed by atoms with Crippen LogP contribution in [0.4, 0.5) is 27.1 Å². The molecule has 76 heavy (non-hydrogen) atoms. The third-order valence-corrected chi connectivity index (χ3v) is 16.6. The molecule has 0 unspecified atom stereocenters. The number of halogens is 1. The van der Waals surface area contributed by atoms with Crippen molar-refractivity contribution in [2.24, 2.45) is 5.92 Å². The number of benzene rings is 8. The number of fused-ring (bicyclic) bond motifs is 4. The van der Waals surface area contributed by atoms with Gasteiger partial charge < -0.3 is 41.7 Å². The summed E-state index contributed by atoms with van der Waals surface area (Å²) in [6.45, 7) is 4.29. The number of rotatable bonds is 16. The highest BCUT2D eigenvalue weighted by molar-refractivity contribution is 7.22. The lowest BCUT2D eigenvalue weighted by molar-refractivity contribution is 0.365. The molecule has 8 aromatic carbocycles. The van der Waals surface area contributed by atoms with Gasteiger partial charge in [-0.1, -0.05) is 6.92 Å². The Morgan fingerprint density at radius 2 is 0.592 bits per heavy atom. The Bertz CT molecular complexity index is 3430. The van der Waals surface area contributed by atoms with Crippen LogP contribution in [0.2, 0.25) is 0 Å². The third kappa shape index (κ3) is 11.9. The fourth-order valence-corrected chi connectivity index (χ4v) is 12.3. The van der Waals surface area contributed by atoms with E-state index in [0.717, 1.165) is 119 Å². The summed E-state index contributed by atoms with van der Waals surface area (Å²) in [7, 11) is 0. The predicted octanol–water partition coefficient (Wildman–Crippen LogP) is 15.3. The molecule has 0 aliphatic carbocycles. The van der Waals surface area contributed by atoms with E-state index in [4.69, 9.17) is 0 Å². The summed E-state index contributed by atoms with van der Waals surface area (Å²) in [5, 5.41) is 55.7. The smallest absolute Gasteiger partial charge is 0.134 e. The normalized spacial score (nSPS) is 11.4. The van der Waals surface area contributed by atoms with Gasteiger partial charge in [0.1, 0.15) is 49.2 Å². The van der Waals surface area contributed by atoms with Crippen molar-refractivity contribution >= 4 is 109 Å². The first kappa shape index (κ1) is 49.8. The molecule has 0 aliphatic rings. The minimum Gasteiger partial charge on any atom is -0.508 e. The number of phenols is 4. The lowest BCUT2D eigenvalue weighted by Crippen LogP contribution is -2.23. The molecule has 12 rings (SSSR count). The standard InChI is InChI=1S/C30H26N4O2S2.C29H23FN4O2S2/c1-18(16-31-21-6-2-19(3-7-21)29-33-25-12-10-23(35)14-27(25)37-29)17-32-22-8-4-20(5-9-22)30-34-26-13-11-24(36)15-28(26)38-30;30-19(15-31-20-5-1-17(2-6-20)28-33-24-11-9-22(35)13-26(24)37-28)16-32-21-7-3-18(4-8-21)29-34-25-12-10-23(36)14-27(25)38-29/h2-15,18,31-32,35-36H,16-17H2,1H3;1-14,19,31-32,35-36H,15-16H2. The zero-order valence-electron chi connectivity index (χ0n) is 40.7. The Morgan fingerprint density at radius 3 is 0.842 bits per heavy atom. The van der Waals surface area contributed by atoms with Crippen LogP contribution >= 0.6 is 45.3 Å². The molecular weight excluding hydrogens is 1030 g/mol. The molecule has 0 spiro atoms. The SMILES string of the molecule is CC(CNc1ccc(-c2nc3ccc(O)cc3s2)cc1)CNc1ccc(-c2nc3ccc(O)cc3s2)cc1.Oc1ccc2nc(-c3ccc(NCC(F)CNc4ccc(-c5nc6ccc(O)cc6s5)cc4)cc3)sc2c1. The fraction of sp³-hybridized carbons (Fsp3) is 0.119. The summed E-state index contributed by atoms with van der Waals surface area (Å²) in [6.07, 6.45) is -1.08. The molecule has 4 aromatic heterocycles. The van der Waals surface area contributed by atoms with Crippen LogP contribution < -0.4 is 21.3 Å². The molecule has 0 atom stereocenters. The van der Waals surface area contributed by atoms with Crippen molar-refractivity contribution < 1.29 is 24.8 Å². The summed E-state index contributed by atoms with van der Waals surface area (Å²) >= 11 is 6.21. The minimum atomic E-state index is -1.08. The van der Waals surface area contributed by atoms with Gasteiger partial charge in [0.05, 0.1) is 40.9 Å². The van der Waals surface area contributed by atoms with E-state index in [-0.39, 0.29) is 36.1 Å². The Kier molecular flexibility index (Phi) is 14.6. The minimum absolute atomic E-state index is 0.184. The van der Waals surface area contributed by atoms with Crippen LogP contribution in [0.1, 0.15) is 6.92 Å². The van der Waals surface area contributed by atoms with Crippen molar-refractivity contribution in [2.45, 2.75) is 13.1 Å². The summed E-state index contributed by atoms with van der Waals surface area (Å²) in [5.74, 6) is 1.40. The molecule has 0 aliphatic heterocycles. The van der Waals surface area contributed by atoms with Gasteiger partial charge in [0.2, 0.25) is 0 Å². The number of phenolic OH excluding ortho intramolecular Hbond substituents is 4. The van der Waals surface area contributed by atoms with E-state index in [0.29, 0.717) is 5.92 Å². The maximum Gasteiger partial charge on any atom is 0.134 e. The van der Waals surface area contributed by atoms with Gasteiger partial charge in [0.25, 0.3) is 0 Å². The van der Waals surface area contributed by atoms with E-state index >= 15 is 0 Å².